The molecule has 0 radical (unpaired) electrons. The van der Waals surface area contributed by atoms with Crippen LogP contribution in [0.5, 0.6) is 0 Å². The topological polar surface area (TPSA) is 46.5 Å². The van der Waals surface area contributed by atoms with E-state index in [9.17, 15) is 9.90 Å². The second-order valence-corrected chi connectivity index (χ2v) is 6.50. The molecule has 0 spiro atoms. The van der Waals surface area contributed by atoms with Gasteiger partial charge in [0.15, 0.2) is 5.60 Å². The van der Waals surface area contributed by atoms with E-state index in [1.807, 2.05) is 54.6 Å². The van der Waals surface area contributed by atoms with Gasteiger partial charge in [0.05, 0.1) is 7.11 Å². The summed E-state index contributed by atoms with van der Waals surface area (Å²) in [4.78, 5) is 12.6. The second-order valence-electron chi connectivity index (χ2n) is 6.50. The molecule has 0 bridgehead atoms. The van der Waals surface area contributed by atoms with Gasteiger partial charge in [0.2, 0.25) is 0 Å². The molecule has 3 nitrogen and oxygen atoms in total. The van der Waals surface area contributed by atoms with Gasteiger partial charge in [-0.3, -0.25) is 0 Å². The number of benzene rings is 2. The Bertz CT molecular complexity index is 689. The minimum absolute atomic E-state index is 0.108. The van der Waals surface area contributed by atoms with E-state index in [0.29, 0.717) is 5.56 Å². The van der Waals surface area contributed by atoms with Gasteiger partial charge in [-0.05, 0) is 24.0 Å². The first-order valence-electron chi connectivity index (χ1n) is 8.63. The van der Waals surface area contributed by atoms with Crippen molar-refractivity contribution in [3.63, 3.8) is 0 Å². The fourth-order valence-electron chi connectivity index (χ4n) is 3.86. The number of esters is 1. The molecule has 2 aromatic rings. The summed E-state index contributed by atoms with van der Waals surface area (Å²) in [5, 5.41) is 11.5. The zero-order valence-electron chi connectivity index (χ0n) is 14.1. The average molecular weight is 324 g/mol. The van der Waals surface area contributed by atoms with E-state index in [1.165, 1.54) is 7.11 Å². The van der Waals surface area contributed by atoms with Gasteiger partial charge < -0.3 is 9.84 Å². The Morgan fingerprint density at radius 1 is 1.00 bits per heavy atom. The second kappa shape index (κ2) is 7.18. The molecule has 1 atom stereocenters. The summed E-state index contributed by atoms with van der Waals surface area (Å²) in [7, 11) is 1.35. The molecule has 2 aromatic carbocycles. The summed E-state index contributed by atoms with van der Waals surface area (Å²) < 4.78 is 5.02. The molecule has 0 saturated heterocycles. The number of hydrogen-bond donors (Lipinski definition) is 1. The first-order chi connectivity index (χ1) is 11.7. The van der Waals surface area contributed by atoms with E-state index in [0.717, 1.165) is 43.2 Å². The van der Waals surface area contributed by atoms with Crippen molar-refractivity contribution in [1.29, 1.82) is 0 Å². The minimum atomic E-state index is -1.60. The molecule has 126 valence electrons. The predicted molar refractivity (Wildman–Crippen MR) is 94.4 cm³/mol. The first-order valence-corrected chi connectivity index (χ1v) is 8.63. The van der Waals surface area contributed by atoms with E-state index in [1.54, 1.807) is 0 Å². The maximum absolute atomic E-state index is 12.6. The molecule has 0 heterocycles. The van der Waals surface area contributed by atoms with Gasteiger partial charge in [0, 0.05) is 11.5 Å². The third kappa shape index (κ3) is 2.96. The van der Waals surface area contributed by atoms with Crippen LogP contribution < -0.4 is 0 Å². The fourth-order valence-corrected chi connectivity index (χ4v) is 3.86. The lowest BCUT2D eigenvalue weighted by Gasteiger charge is -2.37. The van der Waals surface area contributed by atoms with Crippen molar-refractivity contribution in [2.45, 2.75) is 37.7 Å². The van der Waals surface area contributed by atoms with Gasteiger partial charge in [0.25, 0.3) is 0 Å². The maximum atomic E-state index is 12.6. The largest absolute Gasteiger partial charge is 0.467 e. The van der Waals surface area contributed by atoms with Gasteiger partial charge >= 0.3 is 5.97 Å². The number of hydrogen-bond acceptors (Lipinski definition) is 3. The Balaban J connectivity index is 2.14. The molecule has 0 aliphatic heterocycles. The molecule has 1 fully saturated rings. The average Bonchev–Trinajstić information content (AvgIpc) is 2.68. The molecule has 1 aliphatic carbocycles. The Labute approximate surface area is 143 Å². The molecule has 1 aliphatic rings. The highest BCUT2D eigenvalue weighted by atomic mass is 16.5. The van der Waals surface area contributed by atoms with Crippen LogP contribution in [0.1, 0.15) is 37.7 Å². The van der Waals surface area contributed by atoms with Crippen LogP contribution in [0.3, 0.4) is 0 Å². The van der Waals surface area contributed by atoms with E-state index in [4.69, 9.17) is 4.74 Å². The predicted octanol–water partition coefficient (Wildman–Crippen LogP) is 4.29. The smallest absolute Gasteiger partial charge is 0.342 e. The number of rotatable bonds is 4. The molecule has 1 unspecified atom stereocenters. The molecule has 3 rings (SSSR count). The van der Waals surface area contributed by atoms with E-state index in [2.05, 4.69) is 0 Å². The van der Waals surface area contributed by atoms with Crippen molar-refractivity contribution in [2.75, 3.05) is 7.11 Å². The van der Waals surface area contributed by atoms with E-state index in [-0.39, 0.29) is 5.92 Å². The van der Waals surface area contributed by atoms with Crippen molar-refractivity contribution >= 4 is 5.97 Å². The van der Waals surface area contributed by atoms with E-state index < -0.39 is 11.6 Å². The normalized spacial score (nSPS) is 17.9. The van der Waals surface area contributed by atoms with Gasteiger partial charge in [-0.2, -0.15) is 0 Å². The van der Waals surface area contributed by atoms with Crippen LogP contribution in [0.2, 0.25) is 0 Å². The zero-order chi connectivity index (χ0) is 17.0. The van der Waals surface area contributed by atoms with Crippen LogP contribution in [-0.4, -0.2) is 18.2 Å². The molecule has 3 heteroatoms. The molecular formula is C21H24O3. The van der Waals surface area contributed by atoms with Crippen LogP contribution in [0.25, 0.3) is 11.1 Å². The summed E-state index contributed by atoms with van der Waals surface area (Å²) >= 11 is 0. The lowest BCUT2D eigenvalue weighted by atomic mass is 9.71. The number of carbonyl (C=O) groups is 1. The summed E-state index contributed by atoms with van der Waals surface area (Å²) in [5.41, 5.74) is 0.930. The minimum Gasteiger partial charge on any atom is -0.467 e. The Morgan fingerprint density at radius 3 is 2.29 bits per heavy atom. The van der Waals surface area contributed by atoms with Crippen molar-refractivity contribution < 1.29 is 14.6 Å². The Kier molecular flexibility index (Phi) is 5.00. The molecular weight excluding hydrogens is 300 g/mol. The summed E-state index contributed by atoms with van der Waals surface area (Å²) in [5.74, 6) is -0.665. The highest BCUT2D eigenvalue weighted by Gasteiger charge is 2.47. The molecule has 0 amide bonds. The Morgan fingerprint density at radius 2 is 1.62 bits per heavy atom. The Hall–Kier alpha value is -2.13. The molecule has 24 heavy (non-hydrogen) atoms. The summed E-state index contributed by atoms with van der Waals surface area (Å²) in [6.07, 6.45) is 4.92. The third-order valence-corrected chi connectivity index (χ3v) is 5.12. The van der Waals surface area contributed by atoms with Crippen LogP contribution >= 0.6 is 0 Å². The third-order valence-electron chi connectivity index (χ3n) is 5.12. The van der Waals surface area contributed by atoms with Crippen LogP contribution in [-0.2, 0) is 15.1 Å². The summed E-state index contributed by atoms with van der Waals surface area (Å²) in [6.45, 7) is 0. The monoisotopic (exact) mass is 324 g/mol. The number of carbonyl (C=O) groups excluding carboxylic acids is 1. The van der Waals surface area contributed by atoms with Crippen LogP contribution in [0, 0.1) is 5.92 Å². The van der Waals surface area contributed by atoms with Crippen LogP contribution in [0.15, 0.2) is 54.6 Å². The SMILES string of the molecule is COC(=O)C(O)(c1ccccc1-c1ccccc1)C1CCCCC1. The van der Waals surface area contributed by atoms with E-state index >= 15 is 0 Å². The zero-order valence-corrected chi connectivity index (χ0v) is 14.1. The van der Waals surface area contributed by atoms with Crippen molar-refractivity contribution in [3.8, 4) is 11.1 Å². The van der Waals surface area contributed by atoms with Crippen molar-refractivity contribution in [2.24, 2.45) is 5.92 Å². The lowest BCUT2D eigenvalue weighted by Crippen LogP contribution is -2.45. The number of ether oxygens (including phenoxy) is 1. The standard InChI is InChI=1S/C21H24O3/c1-24-20(22)21(23,17-12-6-3-7-13-17)19-15-9-8-14-18(19)16-10-4-2-5-11-16/h2,4-5,8-11,14-15,17,23H,3,6-7,12-13H2,1H3. The molecule has 0 aromatic heterocycles. The lowest BCUT2D eigenvalue weighted by molar-refractivity contribution is -0.172. The van der Waals surface area contributed by atoms with Crippen LogP contribution in [0.4, 0.5) is 0 Å². The molecule has 1 saturated carbocycles. The van der Waals surface area contributed by atoms with Gasteiger partial charge in [-0.1, -0.05) is 73.9 Å². The highest BCUT2D eigenvalue weighted by Crippen LogP contribution is 2.43. The van der Waals surface area contributed by atoms with Gasteiger partial charge in [-0.15, -0.1) is 0 Å². The number of aliphatic hydroxyl groups is 1. The quantitative estimate of drug-likeness (QED) is 0.853. The van der Waals surface area contributed by atoms with Gasteiger partial charge in [0.1, 0.15) is 0 Å². The van der Waals surface area contributed by atoms with Crippen molar-refractivity contribution in [3.05, 3.63) is 60.2 Å². The maximum Gasteiger partial charge on any atom is 0.342 e. The number of methoxy groups -OCH3 is 1. The van der Waals surface area contributed by atoms with Gasteiger partial charge in [-0.25, -0.2) is 4.79 Å². The first kappa shape index (κ1) is 16.7. The van der Waals surface area contributed by atoms with Crippen molar-refractivity contribution in [1.82, 2.24) is 0 Å². The fraction of sp³-hybridized carbons (Fsp3) is 0.381. The molecule has 1 N–H and O–H groups in total. The highest BCUT2D eigenvalue weighted by molar-refractivity contribution is 5.85. The summed E-state index contributed by atoms with van der Waals surface area (Å²) in [6, 6.07) is 17.5.